The summed E-state index contributed by atoms with van der Waals surface area (Å²) in [6.45, 7) is 0. The zero-order valence-corrected chi connectivity index (χ0v) is 17.0. The van der Waals surface area contributed by atoms with Gasteiger partial charge >= 0.3 is 0 Å². The molecule has 0 radical (unpaired) electrons. The maximum atomic E-state index is 13.1. The zero-order valence-electron chi connectivity index (χ0n) is 14.7. The maximum Gasteiger partial charge on any atom is 0.134 e. The first-order valence-electron chi connectivity index (χ1n) is 8.42. The Morgan fingerprint density at radius 1 is 1.03 bits per heavy atom. The molecule has 0 bridgehead atoms. The van der Waals surface area contributed by atoms with Crippen molar-refractivity contribution in [3.63, 3.8) is 0 Å². The van der Waals surface area contributed by atoms with Gasteiger partial charge in [0.1, 0.15) is 28.4 Å². The molecule has 7 heteroatoms. The fourth-order valence-electron chi connectivity index (χ4n) is 2.72. The van der Waals surface area contributed by atoms with Gasteiger partial charge in [0.2, 0.25) is 0 Å². The molecule has 4 rings (SSSR count). The smallest absolute Gasteiger partial charge is 0.134 e. The van der Waals surface area contributed by atoms with Crippen LogP contribution < -0.4 is 0 Å². The lowest BCUT2D eigenvalue weighted by Crippen LogP contribution is -1.83. The zero-order chi connectivity index (χ0) is 20.4. The number of halogens is 3. The lowest BCUT2D eigenvalue weighted by molar-refractivity contribution is 0.572. The minimum absolute atomic E-state index is 0.309. The van der Waals surface area contributed by atoms with Crippen LogP contribution in [0.3, 0.4) is 0 Å². The summed E-state index contributed by atoms with van der Waals surface area (Å²) in [6.07, 6.45) is 1.63. The number of nitrogens with zero attached hydrogens (tertiary/aromatic N) is 2. The maximum absolute atomic E-state index is 13.1. The molecule has 4 aromatic rings. The molecule has 3 nitrogen and oxygen atoms in total. The Labute approximate surface area is 180 Å². The van der Waals surface area contributed by atoms with Gasteiger partial charge in [0.15, 0.2) is 0 Å². The van der Waals surface area contributed by atoms with Gasteiger partial charge in [-0.3, -0.25) is 0 Å². The van der Waals surface area contributed by atoms with Crippen molar-refractivity contribution in [1.82, 2.24) is 4.98 Å². The van der Waals surface area contributed by atoms with E-state index in [0.717, 1.165) is 11.1 Å². The average molecular weight is 441 g/mol. The second kappa shape index (κ2) is 8.22. The summed E-state index contributed by atoms with van der Waals surface area (Å²) in [5.74, 6) is 0.784. The molecule has 2 aromatic carbocycles. The van der Waals surface area contributed by atoms with Gasteiger partial charge < -0.3 is 4.42 Å². The number of hydrogen-bond acceptors (Lipinski definition) is 4. The van der Waals surface area contributed by atoms with Crippen LogP contribution in [0.15, 0.2) is 64.4 Å². The highest BCUT2D eigenvalue weighted by Crippen LogP contribution is 2.31. The normalized spacial score (nSPS) is 11.4. The number of hydrogen-bond donors (Lipinski definition) is 0. The SMILES string of the molecule is N#C/C(=C\c1ccc(-c2cc(Cl)cc(Cl)c2)o1)c1nc(-c2ccc(F)cc2)cs1. The molecule has 0 N–H and O–H groups in total. The molecule has 0 aliphatic heterocycles. The Kier molecular flexibility index (Phi) is 5.50. The van der Waals surface area contributed by atoms with Crippen molar-refractivity contribution >= 4 is 46.2 Å². The van der Waals surface area contributed by atoms with Gasteiger partial charge in [0, 0.05) is 32.6 Å². The summed E-state index contributed by atoms with van der Waals surface area (Å²) in [5.41, 5.74) is 2.58. The number of thiazole rings is 1. The summed E-state index contributed by atoms with van der Waals surface area (Å²) in [5, 5.41) is 13.0. The Balaban J connectivity index is 1.63. The summed E-state index contributed by atoms with van der Waals surface area (Å²) in [4.78, 5) is 4.49. The molecule has 2 heterocycles. The Hall–Kier alpha value is -2.91. The van der Waals surface area contributed by atoms with E-state index in [-0.39, 0.29) is 5.82 Å². The molecule has 2 aromatic heterocycles. The lowest BCUT2D eigenvalue weighted by atomic mass is 10.2. The topological polar surface area (TPSA) is 49.8 Å². The molecule has 0 saturated carbocycles. The van der Waals surface area contributed by atoms with E-state index in [9.17, 15) is 9.65 Å². The first kappa shape index (κ1) is 19.4. The number of furan rings is 1. The monoisotopic (exact) mass is 440 g/mol. The molecule has 0 atom stereocenters. The minimum Gasteiger partial charge on any atom is -0.457 e. The number of benzene rings is 2. The van der Waals surface area contributed by atoms with Gasteiger partial charge in [-0.2, -0.15) is 5.26 Å². The third-order valence-electron chi connectivity index (χ3n) is 4.06. The van der Waals surface area contributed by atoms with Gasteiger partial charge in [0.25, 0.3) is 0 Å². The van der Waals surface area contributed by atoms with Crippen LogP contribution >= 0.6 is 34.5 Å². The van der Waals surface area contributed by atoms with Gasteiger partial charge in [-0.15, -0.1) is 11.3 Å². The number of allylic oxidation sites excluding steroid dienone is 1. The number of aromatic nitrogens is 1. The molecule has 142 valence electrons. The fourth-order valence-corrected chi connectivity index (χ4v) is 4.04. The Morgan fingerprint density at radius 2 is 1.76 bits per heavy atom. The van der Waals surface area contributed by atoms with Crippen molar-refractivity contribution in [2.75, 3.05) is 0 Å². The standard InChI is InChI=1S/C22H11Cl2FN2OS/c23-16-7-14(8-17(24)10-16)21-6-5-19(28-21)9-15(11-26)22-27-20(12-29-22)13-1-3-18(25)4-2-13/h1-10,12H/b15-9+. The van der Waals surface area contributed by atoms with Crippen LogP contribution in [0.2, 0.25) is 10.0 Å². The van der Waals surface area contributed by atoms with E-state index in [4.69, 9.17) is 27.6 Å². The third kappa shape index (κ3) is 4.41. The molecular weight excluding hydrogens is 430 g/mol. The highest BCUT2D eigenvalue weighted by Gasteiger charge is 2.11. The van der Waals surface area contributed by atoms with E-state index in [1.54, 1.807) is 48.5 Å². The van der Waals surface area contributed by atoms with E-state index < -0.39 is 0 Å². The summed E-state index contributed by atoms with van der Waals surface area (Å²) in [6, 6.07) is 16.9. The third-order valence-corrected chi connectivity index (χ3v) is 5.37. The number of nitriles is 1. The van der Waals surface area contributed by atoms with Crippen molar-refractivity contribution in [2.24, 2.45) is 0 Å². The highest BCUT2D eigenvalue weighted by atomic mass is 35.5. The molecule has 29 heavy (non-hydrogen) atoms. The molecule has 0 aliphatic carbocycles. The minimum atomic E-state index is -0.309. The first-order chi connectivity index (χ1) is 14.0. The fraction of sp³-hybridized carbons (Fsp3) is 0. The van der Waals surface area contributed by atoms with Crippen molar-refractivity contribution in [2.45, 2.75) is 0 Å². The van der Waals surface area contributed by atoms with Crippen molar-refractivity contribution < 1.29 is 8.81 Å². The second-order valence-corrected chi connectivity index (χ2v) is 7.81. The van der Waals surface area contributed by atoms with E-state index in [0.29, 0.717) is 37.8 Å². The summed E-state index contributed by atoms with van der Waals surface area (Å²) < 4.78 is 18.9. The predicted molar refractivity (Wildman–Crippen MR) is 115 cm³/mol. The number of rotatable bonds is 4. The summed E-state index contributed by atoms with van der Waals surface area (Å²) in [7, 11) is 0. The average Bonchev–Trinajstić information content (AvgIpc) is 3.36. The highest BCUT2D eigenvalue weighted by molar-refractivity contribution is 7.11. The van der Waals surface area contributed by atoms with E-state index in [1.807, 2.05) is 5.38 Å². The van der Waals surface area contributed by atoms with Crippen molar-refractivity contribution in [3.05, 3.63) is 86.6 Å². The quantitative estimate of drug-likeness (QED) is 0.307. The van der Waals surface area contributed by atoms with Crippen LogP contribution in [0.4, 0.5) is 4.39 Å². The van der Waals surface area contributed by atoms with Gasteiger partial charge in [0.05, 0.1) is 11.3 Å². The van der Waals surface area contributed by atoms with E-state index in [1.165, 1.54) is 23.5 Å². The Morgan fingerprint density at radius 3 is 2.45 bits per heavy atom. The predicted octanol–water partition coefficient (Wildman–Crippen LogP) is 7.58. The van der Waals surface area contributed by atoms with Crippen LogP contribution in [0, 0.1) is 17.1 Å². The molecular formula is C22H11Cl2FN2OS. The largest absolute Gasteiger partial charge is 0.457 e. The van der Waals surface area contributed by atoms with Crippen LogP contribution in [0.25, 0.3) is 34.2 Å². The van der Waals surface area contributed by atoms with E-state index >= 15 is 0 Å². The van der Waals surface area contributed by atoms with Crippen LogP contribution in [0.5, 0.6) is 0 Å². The van der Waals surface area contributed by atoms with Crippen LogP contribution in [-0.4, -0.2) is 4.98 Å². The van der Waals surface area contributed by atoms with Gasteiger partial charge in [-0.1, -0.05) is 23.2 Å². The molecule has 0 saturated heterocycles. The van der Waals surface area contributed by atoms with Crippen molar-refractivity contribution in [1.29, 1.82) is 5.26 Å². The Bertz CT molecular complexity index is 1230. The molecule has 0 fully saturated rings. The van der Waals surface area contributed by atoms with Gasteiger partial charge in [-0.05, 0) is 54.6 Å². The summed E-state index contributed by atoms with van der Waals surface area (Å²) >= 11 is 13.4. The molecule has 0 spiro atoms. The van der Waals surface area contributed by atoms with Crippen molar-refractivity contribution in [3.8, 4) is 28.7 Å². The lowest BCUT2D eigenvalue weighted by Gasteiger charge is -1.99. The van der Waals surface area contributed by atoms with Gasteiger partial charge in [-0.25, -0.2) is 9.37 Å². The molecule has 0 amide bonds. The van der Waals surface area contributed by atoms with Crippen LogP contribution in [-0.2, 0) is 0 Å². The van der Waals surface area contributed by atoms with E-state index in [2.05, 4.69) is 11.1 Å². The molecule has 0 aliphatic rings. The first-order valence-corrected chi connectivity index (χ1v) is 10.1. The van der Waals surface area contributed by atoms with Crippen LogP contribution in [0.1, 0.15) is 10.8 Å². The molecule has 0 unspecified atom stereocenters. The second-order valence-electron chi connectivity index (χ2n) is 6.07.